The van der Waals surface area contributed by atoms with Crippen LogP contribution in [0.25, 0.3) is 0 Å². The van der Waals surface area contributed by atoms with E-state index in [2.05, 4.69) is 27.1 Å². The summed E-state index contributed by atoms with van der Waals surface area (Å²) in [5.74, 6) is 1.85. The van der Waals surface area contributed by atoms with Crippen LogP contribution >= 0.6 is 0 Å². The average Bonchev–Trinajstić information content (AvgIpc) is 2.94. The van der Waals surface area contributed by atoms with Crippen LogP contribution in [0.3, 0.4) is 0 Å². The standard InChI is InChI=1S/C17H23N3O2/c1-3-21-17-7-5-4-6-16(17)20-10-8-19(9-11-20)13-15-12-14(2)22-18-15/h4-7,12H,3,8-11,13H2,1-2H3. The summed E-state index contributed by atoms with van der Waals surface area (Å²) in [5.41, 5.74) is 2.21. The lowest BCUT2D eigenvalue weighted by Crippen LogP contribution is -2.46. The molecule has 22 heavy (non-hydrogen) atoms. The van der Waals surface area contributed by atoms with Crippen molar-refractivity contribution in [1.29, 1.82) is 0 Å². The molecule has 0 radical (unpaired) electrons. The summed E-state index contributed by atoms with van der Waals surface area (Å²) in [6.45, 7) is 9.55. The molecule has 5 heteroatoms. The molecule has 118 valence electrons. The van der Waals surface area contributed by atoms with Crippen LogP contribution in [0.4, 0.5) is 5.69 Å². The van der Waals surface area contributed by atoms with Gasteiger partial charge >= 0.3 is 0 Å². The van der Waals surface area contributed by atoms with Crippen molar-refractivity contribution < 1.29 is 9.26 Å². The molecule has 5 nitrogen and oxygen atoms in total. The molecule has 1 fully saturated rings. The van der Waals surface area contributed by atoms with E-state index in [1.165, 1.54) is 5.69 Å². The number of aryl methyl sites for hydroxylation is 1. The quantitative estimate of drug-likeness (QED) is 0.849. The second kappa shape index (κ2) is 6.83. The molecule has 0 atom stereocenters. The number of piperazine rings is 1. The highest BCUT2D eigenvalue weighted by Crippen LogP contribution is 2.28. The number of nitrogens with zero attached hydrogens (tertiary/aromatic N) is 3. The van der Waals surface area contributed by atoms with Crippen molar-refractivity contribution >= 4 is 5.69 Å². The van der Waals surface area contributed by atoms with Gasteiger partial charge in [-0.05, 0) is 26.0 Å². The van der Waals surface area contributed by atoms with E-state index in [4.69, 9.17) is 9.26 Å². The smallest absolute Gasteiger partial charge is 0.142 e. The molecule has 2 aromatic rings. The van der Waals surface area contributed by atoms with E-state index in [-0.39, 0.29) is 0 Å². The third kappa shape index (κ3) is 3.42. The van der Waals surface area contributed by atoms with E-state index in [1.807, 2.05) is 32.0 Å². The second-order valence-electron chi connectivity index (χ2n) is 5.59. The van der Waals surface area contributed by atoms with Crippen molar-refractivity contribution in [3.8, 4) is 5.75 Å². The molecular formula is C17H23N3O2. The van der Waals surface area contributed by atoms with Gasteiger partial charge in [-0.1, -0.05) is 17.3 Å². The fraction of sp³-hybridized carbons (Fsp3) is 0.471. The van der Waals surface area contributed by atoms with E-state index in [9.17, 15) is 0 Å². The second-order valence-corrected chi connectivity index (χ2v) is 5.59. The molecule has 0 N–H and O–H groups in total. The summed E-state index contributed by atoms with van der Waals surface area (Å²) >= 11 is 0. The molecule has 0 aliphatic carbocycles. The van der Waals surface area contributed by atoms with Gasteiger partial charge in [-0.25, -0.2) is 0 Å². The number of para-hydroxylation sites is 2. The zero-order chi connectivity index (χ0) is 15.4. The molecule has 1 aliphatic rings. The molecule has 1 saturated heterocycles. The first-order valence-electron chi connectivity index (χ1n) is 7.87. The van der Waals surface area contributed by atoms with Crippen LogP contribution in [0.15, 0.2) is 34.9 Å². The van der Waals surface area contributed by atoms with E-state index >= 15 is 0 Å². The summed E-state index contributed by atoms with van der Waals surface area (Å²) in [6.07, 6.45) is 0. The van der Waals surface area contributed by atoms with Crippen LogP contribution < -0.4 is 9.64 Å². The molecule has 0 bridgehead atoms. The lowest BCUT2D eigenvalue weighted by molar-refractivity contribution is 0.240. The Bertz CT molecular complexity index is 603. The third-order valence-corrected chi connectivity index (χ3v) is 3.94. The first kappa shape index (κ1) is 14.9. The van der Waals surface area contributed by atoms with Gasteiger partial charge in [0.1, 0.15) is 11.5 Å². The zero-order valence-electron chi connectivity index (χ0n) is 13.3. The van der Waals surface area contributed by atoms with Crippen LogP contribution in [0.5, 0.6) is 5.75 Å². The van der Waals surface area contributed by atoms with Crippen molar-refractivity contribution in [2.75, 3.05) is 37.7 Å². The van der Waals surface area contributed by atoms with Gasteiger partial charge < -0.3 is 14.2 Å². The van der Waals surface area contributed by atoms with Gasteiger partial charge in [-0.3, -0.25) is 4.90 Å². The Balaban J connectivity index is 1.59. The highest BCUT2D eigenvalue weighted by atomic mass is 16.5. The molecule has 0 amide bonds. The molecular weight excluding hydrogens is 278 g/mol. The summed E-state index contributed by atoms with van der Waals surface area (Å²) in [5, 5.41) is 4.08. The van der Waals surface area contributed by atoms with Crippen molar-refractivity contribution in [3.63, 3.8) is 0 Å². The monoisotopic (exact) mass is 301 g/mol. The van der Waals surface area contributed by atoms with Crippen LogP contribution in [-0.2, 0) is 6.54 Å². The fourth-order valence-electron chi connectivity index (χ4n) is 2.86. The van der Waals surface area contributed by atoms with Crippen LogP contribution in [0.2, 0.25) is 0 Å². The van der Waals surface area contributed by atoms with Gasteiger partial charge in [-0.15, -0.1) is 0 Å². The van der Waals surface area contributed by atoms with Gasteiger partial charge in [0.2, 0.25) is 0 Å². The minimum Gasteiger partial charge on any atom is -0.492 e. The lowest BCUT2D eigenvalue weighted by Gasteiger charge is -2.36. The van der Waals surface area contributed by atoms with Crippen LogP contribution in [0, 0.1) is 6.92 Å². The first-order valence-corrected chi connectivity index (χ1v) is 7.87. The van der Waals surface area contributed by atoms with Gasteiger partial charge in [0.15, 0.2) is 0 Å². The Morgan fingerprint density at radius 1 is 1.18 bits per heavy atom. The molecule has 1 aromatic heterocycles. The number of rotatable bonds is 5. The fourth-order valence-corrected chi connectivity index (χ4v) is 2.86. The van der Waals surface area contributed by atoms with Gasteiger partial charge in [0.25, 0.3) is 0 Å². The average molecular weight is 301 g/mol. The minimum atomic E-state index is 0.697. The number of hydrogen-bond donors (Lipinski definition) is 0. The van der Waals surface area contributed by atoms with E-state index in [0.717, 1.165) is 49.9 Å². The van der Waals surface area contributed by atoms with Gasteiger partial charge in [0, 0.05) is 38.8 Å². The van der Waals surface area contributed by atoms with Gasteiger partial charge in [0.05, 0.1) is 18.0 Å². The number of anilines is 1. The molecule has 0 spiro atoms. The van der Waals surface area contributed by atoms with E-state index < -0.39 is 0 Å². The molecule has 3 rings (SSSR count). The molecule has 0 saturated carbocycles. The first-order chi connectivity index (χ1) is 10.8. The largest absolute Gasteiger partial charge is 0.492 e. The predicted molar refractivity (Wildman–Crippen MR) is 86.3 cm³/mol. The SMILES string of the molecule is CCOc1ccccc1N1CCN(Cc2cc(C)on2)CC1. The number of ether oxygens (including phenoxy) is 1. The normalized spacial score (nSPS) is 16.0. The molecule has 1 aromatic carbocycles. The maximum Gasteiger partial charge on any atom is 0.142 e. The Hall–Kier alpha value is -2.01. The highest BCUT2D eigenvalue weighted by molar-refractivity contribution is 5.58. The van der Waals surface area contributed by atoms with Crippen molar-refractivity contribution in [2.24, 2.45) is 0 Å². The van der Waals surface area contributed by atoms with E-state index in [0.29, 0.717) is 6.61 Å². The van der Waals surface area contributed by atoms with Crippen LogP contribution in [-0.4, -0.2) is 42.8 Å². The van der Waals surface area contributed by atoms with Crippen molar-refractivity contribution in [3.05, 3.63) is 41.8 Å². The summed E-state index contributed by atoms with van der Waals surface area (Å²) < 4.78 is 10.9. The highest BCUT2D eigenvalue weighted by Gasteiger charge is 2.20. The molecule has 0 unspecified atom stereocenters. The van der Waals surface area contributed by atoms with Gasteiger partial charge in [-0.2, -0.15) is 0 Å². The Morgan fingerprint density at radius 2 is 1.95 bits per heavy atom. The number of aromatic nitrogens is 1. The predicted octanol–water partition coefficient (Wildman–Crippen LogP) is 2.70. The number of hydrogen-bond acceptors (Lipinski definition) is 5. The van der Waals surface area contributed by atoms with E-state index in [1.54, 1.807) is 0 Å². The van der Waals surface area contributed by atoms with Crippen molar-refractivity contribution in [1.82, 2.24) is 10.1 Å². The Morgan fingerprint density at radius 3 is 2.64 bits per heavy atom. The summed E-state index contributed by atoms with van der Waals surface area (Å²) in [6, 6.07) is 10.3. The maximum absolute atomic E-state index is 5.74. The lowest BCUT2D eigenvalue weighted by atomic mass is 10.2. The van der Waals surface area contributed by atoms with Crippen LogP contribution in [0.1, 0.15) is 18.4 Å². The minimum absolute atomic E-state index is 0.697. The summed E-state index contributed by atoms with van der Waals surface area (Å²) in [7, 11) is 0. The van der Waals surface area contributed by atoms with Crippen molar-refractivity contribution in [2.45, 2.75) is 20.4 Å². The number of benzene rings is 1. The molecule has 1 aliphatic heterocycles. The molecule has 2 heterocycles. The zero-order valence-corrected chi connectivity index (χ0v) is 13.3. The Labute approximate surface area is 131 Å². The third-order valence-electron chi connectivity index (χ3n) is 3.94. The maximum atomic E-state index is 5.74. The summed E-state index contributed by atoms with van der Waals surface area (Å²) in [4.78, 5) is 4.81. The Kier molecular flexibility index (Phi) is 4.63. The topological polar surface area (TPSA) is 41.7 Å².